The monoisotopic (exact) mass is 378 g/mol. The fraction of sp³-hybridized carbons (Fsp3) is 0.273. The third kappa shape index (κ3) is 5.44. The first kappa shape index (κ1) is 19.6. The molecule has 0 amide bonds. The SMILES string of the molecule is CCNC(=NCc1coc(-c2ccccc2)n1)NCC(OC)c1ccccc1. The van der Waals surface area contributed by atoms with Gasteiger partial charge in [0.25, 0.3) is 0 Å². The first-order valence-corrected chi connectivity index (χ1v) is 9.40. The van der Waals surface area contributed by atoms with Gasteiger partial charge in [-0.3, -0.25) is 0 Å². The second-order valence-electron chi connectivity index (χ2n) is 6.22. The third-order valence-corrected chi connectivity index (χ3v) is 4.23. The zero-order valence-corrected chi connectivity index (χ0v) is 16.3. The highest BCUT2D eigenvalue weighted by atomic mass is 16.5. The molecule has 6 nitrogen and oxygen atoms in total. The van der Waals surface area contributed by atoms with Crippen molar-refractivity contribution in [2.45, 2.75) is 19.6 Å². The van der Waals surface area contributed by atoms with Crippen molar-refractivity contribution in [2.24, 2.45) is 4.99 Å². The summed E-state index contributed by atoms with van der Waals surface area (Å²) in [6, 6.07) is 20.0. The number of rotatable bonds is 8. The Labute approximate surface area is 165 Å². The molecule has 0 aliphatic rings. The van der Waals surface area contributed by atoms with E-state index in [4.69, 9.17) is 9.15 Å². The van der Waals surface area contributed by atoms with Crippen LogP contribution in [0, 0.1) is 0 Å². The highest BCUT2D eigenvalue weighted by Gasteiger charge is 2.11. The predicted molar refractivity (Wildman–Crippen MR) is 111 cm³/mol. The second-order valence-corrected chi connectivity index (χ2v) is 6.22. The van der Waals surface area contributed by atoms with Gasteiger partial charge < -0.3 is 19.8 Å². The molecule has 2 aromatic carbocycles. The van der Waals surface area contributed by atoms with Gasteiger partial charge in [0, 0.05) is 25.8 Å². The second kappa shape index (κ2) is 10.3. The number of ether oxygens (including phenoxy) is 1. The minimum absolute atomic E-state index is 0.0539. The van der Waals surface area contributed by atoms with E-state index in [0.717, 1.165) is 23.4 Å². The molecular formula is C22H26N4O2. The summed E-state index contributed by atoms with van der Waals surface area (Å²) in [5.41, 5.74) is 2.85. The molecule has 3 rings (SSSR count). The van der Waals surface area contributed by atoms with Crippen molar-refractivity contribution in [3.8, 4) is 11.5 Å². The molecule has 3 aromatic rings. The zero-order valence-electron chi connectivity index (χ0n) is 16.3. The molecule has 0 saturated heterocycles. The van der Waals surface area contributed by atoms with Crippen LogP contribution in [0.3, 0.4) is 0 Å². The average Bonchev–Trinajstić information content (AvgIpc) is 3.23. The number of hydrogen-bond donors (Lipinski definition) is 2. The quantitative estimate of drug-likeness (QED) is 0.461. The van der Waals surface area contributed by atoms with Gasteiger partial charge in [-0.25, -0.2) is 9.98 Å². The van der Waals surface area contributed by atoms with Crippen LogP contribution in [-0.4, -0.2) is 31.1 Å². The topological polar surface area (TPSA) is 71.7 Å². The molecule has 0 aliphatic carbocycles. The summed E-state index contributed by atoms with van der Waals surface area (Å²) in [6.07, 6.45) is 1.60. The van der Waals surface area contributed by atoms with Crippen LogP contribution >= 0.6 is 0 Å². The summed E-state index contributed by atoms with van der Waals surface area (Å²) in [7, 11) is 1.71. The van der Waals surface area contributed by atoms with Crippen molar-refractivity contribution in [3.63, 3.8) is 0 Å². The van der Waals surface area contributed by atoms with Gasteiger partial charge in [-0.1, -0.05) is 48.5 Å². The van der Waals surface area contributed by atoms with E-state index in [1.807, 2.05) is 55.5 Å². The Morgan fingerprint density at radius 2 is 1.79 bits per heavy atom. The Balaban J connectivity index is 1.62. The molecule has 0 fully saturated rings. The lowest BCUT2D eigenvalue weighted by Gasteiger charge is -2.18. The molecule has 146 valence electrons. The summed E-state index contributed by atoms with van der Waals surface area (Å²) in [4.78, 5) is 9.12. The van der Waals surface area contributed by atoms with Crippen LogP contribution in [0.25, 0.3) is 11.5 Å². The number of hydrogen-bond acceptors (Lipinski definition) is 4. The fourth-order valence-corrected chi connectivity index (χ4v) is 2.79. The van der Waals surface area contributed by atoms with Crippen LogP contribution in [-0.2, 0) is 11.3 Å². The molecular weight excluding hydrogens is 352 g/mol. The van der Waals surface area contributed by atoms with E-state index in [9.17, 15) is 0 Å². The van der Waals surface area contributed by atoms with Gasteiger partial charge in [0.1, 0.15) is 12.0 Å². The number of oxazole rings is 1. The van der Waals surface area contributed by atoms with Gasteiger partial charge in [0.05, 0.1) is 12.6 Å². The maximum absolute atomic E-state index is 5.61. The summed E-state index contributed by atoms with van der Waals surface area (Å²) in [5, 5.41) is 6.58. The standard InChI is InChI=1S/C22H26N4O2/c1-3-23-22(25-15-20(27-2)17-10-6-4-7-11-17)24-14-19-16-28-21(26-19)18-12-8-5-9-13-18/h4-13,16,20H,3,14-15H2,1-2H3,(H2,23,24,25). The predicted octanol–water partition coefficient (Wildman–Crippen LogP) is 3.78. The lowest BCUT2D eigenvalue weighted by molar-refractivity contribution is 0.106. The smallest absolute Gasteiger partial charge is 0.226 e. The van der Waals surface area contributed by atoms with Gasteiger partial charge >= 0.3 is 0 Å². The van der Waals surface area contributed by atoms with E-state index in [1.54, 1.807) is 13.4 Å². The van der Waals surface area contributed by atoms with E-state index in [-0.39, 0.29) is 6.10 Å². The van der Waals surface area contributed by atoms with Crippen LogP contribution in [0.15, 0.2) is 76.3 Å². The number of methoxy groups -OCH3 is 1. The van der Waals surface area contributed by atoms with Crippen molar-refractivity contribution >= 4 is 5.96 Å². The van der Waals surface area contributed by atoms with Crippen molar-refractivity contribution in [2.75, 3.05) is 20.2 Å². The molecule has 1 atom stereocenters. The molecule has 0 radical (unpaired) electrons. The van der Waals surface area contributed by atoms with Gasteiger partial charge in [-0.15, -0.1) is 0 Å². The van der Waals surface area contributed by atoms with Crippen molar-refractivity contribution in [1.82, 2.24) is 15.6 Å². The van der Waals surface area contributed by atoms with Crippen LogP contribution < -0.4 is 10.6 Å². The highest BCUT2D eigenvalue weighted by molar-refractivity contribution is 5.79. The first-order chi connectivity index (χ1) is 13.8. The molecule has 0 spiro atoms. The van der Waals surface area contributed by atoms with Crippen molar-refractivity contribution < 1.29 is 9.15 Å². The number of benzene rings is 2. The number of nitrogens with one attached hydrogen (secondary N) is 2. The minimum Gasteiger partial charge on any atom is -0.444 e. The maximum Gasteiger partial charge on any atom is 0.226 e. The van der Waals surface area contributed by atoms with Crippen LogP contribution in [0.2, 0.25) is 0 Å². The molecule has 0 bridgehead atoms. The zero-order chi connectivity index (χ0) is 19.6. The fourth-order valence-electron chi connectivity index (χ4n) is 2.79. The average molecular weight is 378 g/mol. The third-order valence-electron chi connectivity index (χ3n) is 4.23. The number of aromatic nitrogens is 1. The summed E-state index contributed by atoms with van der Waals surface area (Å²) in [5.74, 6) is 1.32. The lowest BCUT2D eigenvalue weighted by atomic mass is 10.1. The highest BCUT2D eigenvalue weighted by Crippen LogP contribution is 2.18. The Hall–Kier alpha value is -3.12. The molecule has 1 heterocycles. The summed E-state index contributed by atoms with van der Waals surface area (Å²) < 4.78 is 11.2. The van der Waals surface area contributed by atoms with E-state index >= 15 is 0 Å². The molecule has 0 saturated carbocycles. The van der Waals surface area contributed by atoms with Gasteiger partial charge in [0.2, 0.25) is 5.89 Å². The first-order valence-electron chi connectivity index (χ1n) is 9.40. The van der Waals surface area contributed by atoms with Crippen LogP contribution in [0.5, 0.6) is 0 Å². The van der Waals surface area contributed by atoms with E-state index < -0.39 is 0 Å². The van der Waals surface area contributed by atoms with E-state index in [0.29, 0.717) is 24.9 Å². The van der Waals surface area contributed by atoms with Crippen molar-refractivity contribution in [3.05, 3.63) is 78.2 Å². The summed E-state index contributed by atoms with van der Waals surface area (Å²) >= 11 is 0. The van der Waals surface area contributed by atoms with Crippen molar-refractivity contribution in [1.29, 1.82) is 0 Å². The molecule has 28 heavy (non-hydrogen) atoms. The van der Waals surface area contributed by atoms with Gasteiger partial charge in [-0.05, 0) is 24.6 Å². The maximum atomic E-state index is 5.61. The largest absolute Gasteiger partial charge is 0.444 e. The van der Waals surface area contributed by atoms with Crippen LogP contribution in [0.4, 0.5) is 0 Å². The Morgan fingerprint density at radius 3 is 2.46 bits per heavy atom. The molecule has 2 N–H and O–H groups in total. The summed E-state index contributed by atoms with van der Waals surface area (Å²) in [6.45, 7) is 3.84. The molecule has 1 unspecified atom stereocenters. The molecule has 6 heteroatoms. The van der Waals surface area contributed by atoms with Gasteiger partial charge in [-0.2, -0.15) is 0 Å². The Morgan fingerprint density at radius 1 is 1.07 bits per heavy atom. The lowest BCUT2D eigenvalue weighted by Crippen LogP contribution is -2.39. The molecule has 0 aliphatic heterocycles. The van der Waals surface area contributed by atoms with E-state index in [2.05, 4.69) is 32.7 Å². The number of nitrogens with zero attached hydrogens (tertiary/aromatic N) is 2. The Bertz CT molecular complexity index is 863. The molecule has 1 aromatic heterocycles. The number of guanidine groups is 1. The van der Waals surface area contributed by atoms with E-state index in [1.165, 1.54) is 0 Å². The van der Waals surface area contributed by atoms with Gasteiger partial charge in [0.15, 0.2) is 5.96 Å². The minimum atomic E-state index is -0.0539. The Kier molecular flexibility index (Phi) is 7.21. The normalized spacial score (nSPS) is 12.6. The number of aliphatic imine (C=N–C) groups is 1. The van der Waals surface area contributed by atoms with Crippen LogP contribution in [0.1, 0.15) is 24.3 Å².